The number of likely N-dealkylation sites (tertiary alicyclic amines) is 1. The van der Waals surface area contributed by atoms with E-state index >= 15 is 0 Å². The first-order valence-corrected chi connectivity index (χ1v) is 19.2. The molecule has 2 fully saturated rings. The Hall–Kier alpha value is -2.53. The summed E-state index contributed by atoms with van der Waals surface area (Å²) in [7, 11) is -2.02. The summed E-state index contributed by atoms with van der Waals surface area (Å²) < 4.78 is 13.2. The number of urea groups is 1. The summed E-state index contributed by atoms with van der Waals surface area (Å²) >= 11 is 1.70. The number of amides is 3. The number of carbonyl (C=O) groups is 2. The van der Waals surface area contributed by atoms with Gasteiger partial charge in [-0.1, -0.05) is 45.0 Å². The van der Waals surface area contributed by atoms with Crippen LogP contribution >= 0.6 is 11.8 Å². The highest BCUT2D eigenvalue weighted by atomic mass is 32.2. The maximum Gasteiger partial charge on any atom is 0.315 e. The molecule has 0 aromatic heterocycles. The largest absolute Gasteiger partial charge is 0.393 e. The van der Waals surface area contributed by atoms with Gasteiger partial charge < -0.3 is 30.0 Å². The van der Waals surface area contributed by atoms with Gasteiger partial charge in [-0.15, -0.1) is 11.8 Å². The zero-order valence-electron chi connectivity index (χ0n) is 25.8. The highest BCUT2D eigenvalue weighted by Gasteiger charge is 2.49. The predicted octanol–water partition coefficient (Wildman–Crippen LogP) is 6.57. The molecule has 4 heterocycles. The van der Waals surface area contributed by atoms with Gasteiger partial charge in [-0.25, -0.2) is 4.79 Å². The summed E-state index contributed by atoms with van der Waals surface area (Å²) in [4.78, 5) is 28.9. The number of thioether (sulfide) groups is 1. The van der Waals surface area contributed by atoms with Gasteiger partial charge in [0.1, 0.15) is 0 Å². The first-order valence-electron chi connectivity index (χ1n) is 15.1. The van der Waals surface area contributed by atoms with Crippen LogP contribution in [0.1, 0.15) is 75.3 Å². The number of hydrogen-bond donors (Lipinski definition) is 3. The second kappa shape index (κ2) is 12.2. The Bertz CT molecular complexity index is 1310. The first kappa shape index (κ1) is 30.9. The van der Waals surface area contributed by atoms with E-state index in [4.69, 9.17) is 9.16 Å². The number of anilines is 1. The van der Waals surface area contributed by atoms with E-state index in [1.165, 1.54) is 10.5 Å². The van der Waals surface area contributed by atoms with Crippen molar-refractivity contribution in [3.63, 3.8) is 0 Å². The Balaban J connectivity index is 1.16. The normalized spacial score (nSPS) is 23.6. The van der Waals surface area contributed by atoms with Gasteiger partial charge in [0.15, 0.2) is 14.0 Å². The second-order valence-electron chi connectivity index (χ2n) is 13.3. The van der Waals surface area contributed by atoms with Crippen LogP contribution in [-0.4, -0.2) is 56.8 Å². The molecule has 3 amide bonds. The molecule has 8 nitrogen and oxygen atoms in total. The van der Waals surface area contributed by atoms with E-state index in [0.29, 0.717) is 19.7 Å². The molecule has 4 aliphatic rings. The third kappa shape index (κ3) is 6.51. The minimum absolute atomic E-state index is 0.00202. The third-order valence-electron chi connectivity index (χ3n) is 9.33. The quantitative estimate of drug-likeness (QED) is 0.231. The van der Waals surface area contributed by atoms with E-state index in [2.05, 4.69) is 80.3 Å². The third-order valence-corrected chi connectivity index (χ3v) is 14.7. The molecule has 1 unspecified atom stereocenters. The van der Waals surface area contributed by atoms with Crippen LogP contribution in [0, 0.1) is 0 Å². The lowest BCUT2D eigenvalue weighted by Gasteiger charge is -2.47. The summed E-state index contributed by atoms with van der Waals surface area (Å²) in [5.74, 6) is -0.0542. The zero-order chi connectivity index (χ0) is 30.1. The standard InChI is InChI=1S/C32H46N4O4SSi/c1-31(2,3)42(5,6)40-32-16-15-27(39-21-32)24-18-22(13-14-25(24)35-32)19-33-30(38)34-20-29(37)36-17-9-11-26(36)23-10-7-8-12-28(23)41-4/h7-8,10,12-14,18,26-27,35H,9,11,15-17,19-21H2,1-6H3,(H2,33,34,38)/t26-,27-,32?/m1/s1. The molecular weight excluding hydrogens is 565 g/mol. The fourth-order valence-electron chi connectivity index (χ4n) is 6.03. The van der Waals surface area contributed by atoms with Gasteiger partial charge in [0, 0.05) is 29.2 Å². The number of hydrogen-bond acceptors (Lipinski definition) is 6. The lowest BCUT2D eigenvalue weighted by atomic mass is 9.98. The lowest BCUT2D eigenvalue weighted by Crippen LogP contribution is -2.56. The Morgan fingerprint density at radius 1 is 1.14 bits per heavy atom. The predicted molar refractivity (Wildman–Crippen MR) is 171 cm³/mol. The van der Waals surface area contributed by atoms with Crippen molar-refractivity contribution in [3.8, 4) is 0 Å². The van der Waals surface area contributed by atoms with Crippen molar-refractivity contribution in [3.05, 3.63) is 59.2 Å². The van der Waals surface area contributed by atoms with E-state index < -0.39 is 14.0 Å². The van der Waals surface area contributed by atoms with Gasteiger partial charge in [-0.3, -0.25) is 4.79 Å². The number of rotatable bonds is 8. The molecule has 2 bridgehead atoms. The van der Waals surface area contributed by atoms with Crippen LogP contribution in [0.3, 0.4) is 0 Å². The van der Waals surface area contributed by atoms with E-state index in [1.807, 2.05) is 23.1 Å². The maximum atomic E-state index is 13.1. The van der Waals surface area contributed by atoms with Crippen molar-refractivity contribution in [1.82, 2.24) is 15.5 Å². The van der Waals surface area contributed by atoms with Crippen LogP contribution in [0.5, 0.6) is 0 Å². The van der Waals surface area contributed by atoms with Gasteiger partial charge in [0.2, 0.25) is 5.91 Å². The minimum Gasteiger partial charge on any atom is -0.393 e. The molecule has 2 aromatic rings. The van der Waals surface area contributed by atoms with Crippen molar-refractivity contribution in [2.24, 2.45) is 0 Å². The summed E-state index contributed by atoms with van der Waals surface area (Å²) in [6.45, 7) is 12.9. The summed E-state index contributed by atoms with van der Waals surface area (Å²) in [6, 6.07) is 14.2. The van der Waals surface area contributed by atoms with Crippen LogP contribution in [0.4, 0.5) is 10.5 Å². The Morgan fingerprint density at radius 2 is 1.93 bits per heavy atom. The lowest BCUT2D eigenvalue weighted by molar-refractivity contribution is -0.131. The van der Waals surface area contributed by atoms with E-state index in [-0.39, 0.29) is 35.7 Å². The number of benzene rings is 2. The fourth-order valence-corrected chi connectivity index (χ4v) is 8.18. The Kier molecular flexibility index (Phi) is 9.00. The van der Waals surface area contributed by atoms with E-state index in [1.54, 1.807) is 11.8 Å². The summed E-state index contributed by atoms with van der Waals surface area (Å²) in [6.07, 6.45) is 5.74. The maximum absolute atomic E-state index is 13.1. The van der Waals surface area contributed by atoms with Crippen molar-refractivity contribution in [2.75, 3.05) is 31.3 Å². The molecule has 10 heteroatoms. The molecule has 42 heavy (non-hydrogen) atoms. The van der Waals surface area contributed by atoms with Gasteiger partial charge in [0.05, 0.1) is 25.3 Å². The molecule has 0 radical (unpaired) electrons. The average Bonchev–Trinajstić information content (AvgIpc) is 3.34. The number of nitrogens with zero attached hydrogens (tertiary/aromatic N) is 1. The van der Waals surface area contributed by atoms with Crippen molar-refractivity contribution < 1.29 is 18.8 Å². The van der Waals surface area contributed by atoms with E-state index in [9.17, 15) is 9.59 Å². The second-order valence-corrected chi connectivity index (χ2v) is 18.8. The highest BCUT2D eigenvalue weighted by molar-refractivity contribution is 7.98. The Labute approximate surface area is 255 Å². The molecule has 0 aliphatic carbocycles. The average molecular weight is 611 g/mol. The van der Waals surface area contributed by atoms with Gasteiger partial charge in [-0.2, -0.15) is 0 Å². The molecule has 6 rings (SSSR count). The molecule has 2 aromatic carbocycles. The smallest absolute Gasteiger partial charge is 0.315 e. The highest BCUT2D eigenvalue weighted by Crippen LogP contribution is 2.47. The fraction of sp³-hybridized carbons (Fsp3) is 0.562. The van der Waals surface area contributed by atoms with Crippen LogP contribution in [-0.2, 0) is 20.5 Å². The van der Waals surface area contributed by atoms with Crippen LogP contribution in [0.2, 0.25) is 18.1 Å². The van der Waals surface area contributed by atoms with Crippen LogP contribution in [0.25, 0.3) is 0 Å². The van der Waals surface area contributed by atoms with Gasteiger partial charge in [-0.05, 0) is 79.4 Å². The Morgan fingerprint density at radius 3 is 2.64 bits per heavy atom. The number of carbonyl (C=O) groups excluding carboxylic acids is 2. The van der Waals surface area contributed by atoms with E-state index in [0.717, 1.165) is 42.5 Å². The molecular formula is C32H46N4O4SSi. The molecule has 0 spiro atoms. The SMILES string of the molecule is CSc1ccccc1[C@H]1CCCN1C(=O)CNC(=O)NCc1ccc2c(c1)[C@H]1CCC(O[Si](C)(C)C(C)(C)C)(CO1)N2. The number of nitrogens with one attached hydrogen (secondary N) is 3. The van der Waals surface area contributed by atoms with Crippen LogP contribution in [0.15, 0.2) is 47.4 Å². The van der Waals surface area contributed by atoms with Gasteiger partial charge >= 0.3 is 6.03 Å². The van der Waals surface area contributed by atoms with Crippen molar-refractivity contribution in [2.45, 2.75) is 93.9 Å². The number of ether oxygens (including phenoxy) is 1. The number of fused-ring (bicyclic) bond motifs is 2. The molecule has 3 N–H and O–H groups in total. The molecule has 4 aliphatic heterocycles. The zero-order valence-corrected chi connectivity index (χ0v) is 27.7. The van der Waals surface area contributed by atoms with Gasteiger partial charge in [0.25, 0.3) is 0 Å². The first-order chi connectivity index (χ1) is 19.9. The molecule has 228 valence electrons. The van der Waals surface area contributed by atoms with Crippen molar-refractivity contribution in [1.29, 1.82) is 0 Å². The summed E-state index contributed by atoms with van der Waals surface area (Å²) in [5, 5.41) is 9.51. The molecule has 2 saturated heterocycles. The minimum atomic E-state index is -2.02. The molecule has 0 saturated carbocycles. The summed E-state index contributed by atoms with van der Waals surface area (Å²) in [5.41, 5.74) is 3.80. The van der Waals surface area contributed by atoms with Crippen LogP contribution < -0.4 is 16.0 Å². The molecule has 3 atom stereocenters. The van der Waals surface area contributed by atoms with Crippen molar-refractivity contribution >= 4 is 37.7 Å². The monoisotopic (exact) mass is 610 g/mol. The topological polar surface area (TPSA) is 91.9 Å².